The van der Waals surface area contributed by atoms with Crippen molar-refractivity contribution in [2.75, 3.05) is 46.5 Å². The van der Waals surface area contributed by atoms with Gasteiger partial charge in [-0.3, -0.25) is 9.59 Å². The summed E-state index contributed by atoms with van der Waals surface area (Å²) < 4.78 is 11.8. The van der Waals surface area contributed by atoms with Gasteiger partial charge in [-0.05, 0) is 64.2 Å². The molecule has 51 heavy (non-hydrogen) atoms. The molecule has 0 spiro atoms. The van der Waals surface area contributed by atoms with E-state index in [1.165, 1.54) is 116 Å². The van der Waals surface area contributed by atoms with E-state index in [0.29, 0.717) is 37.0 Å². The average molecular weight is 723 g/mol. The Labute approximate surface area is 315 Å². The lowest BCUT2D eigenvalue weighted by Gasteiger charge is -2.36. The van der Waals surface area contributed by atoms with Crippen molar-refractivity contribution in [1.82, 2.24) is 0 Å². The second-order valence-electron chi connectivity index (χ2n) is 15.2. The molecule has 7 heteroatoms. The van der Waals surface area contributed by atoms with Crippen LogP contribution in [-0.2, 0) is 19.1 Å². The number of ether oxygens (including phenoxy) is 2. The van der Waals surface area contributed by atoms with Crippen LogP contribution in [0.15, 0.2) is 24.3 Å². The third kappa shape index (κ3) is 35.1. The summed E-state index contributed by atoms with van der Waals surface area (Å²) in [6, 6.07) is 0. The Bertz CT molecular complexity index is 822. The molecule has 2 N–H and O–H groups in total. The van der Waals surface area contributed by atoms with Crippen molar-refractivity contribution in [3.05, 3.63) is 24.3 Å². The van der Waals surface area contributed by atoms with Gasteiger partial charge in [0.2, 0.25) is 0 Å². The largest absolute Gasteiger partial charge is 0.461 e. The van der Waals surface area contributed by atoms with E-state index < -0.39 is 6.10 Å². The van der Waals surface area contributed by atoms with Crippen LogP contribution in [0.25, 0.3) is 0 Å². The maximum absolute atomic E-state index is 12.8. The van der Waals surface area contributed by atoms with E-state index in [-0.39, 0.29) is 31.8 Å². The first-order chi connectivity index (χ1) is 24.9. The minimum atomic E-state index is -0.609. The first kappa shape index (κ1) is 49.3. The van der Waals surface area contributed by atoms with Crippen LogP contribution in [0.5, 0.6) is 0 Å². The summed E-state index contributed by atoms with van der Waals surface area (Å²) in [5, 5.41) is 19.2. The Morgan fingerprint density at radius 2 is 0.882 bits per heavy atom. The van der Waals surface area contributed by atoms with Crippen LogP contribution >= 0.6 is 0 Å². The maximum atomic E-state index is 12.8. The molecule has 1 atom stereocenters. The molecule has 1 unspecified atom stereocenters. The molecule has 7 nitrogen and oxygen atoms in total. The van der Waals surface area contributed by atoms with Gasteiger partial charge in [-0.15, -0.1) is 0 Å². The quantitative estimate of drug-likeness (QED) is 0.0284. The fraction of sp³-hybridized carbons (Fsp3) is 0.864. The Morgan fingerprint density at radius 1 is 0.529 bits per heavy atom. The van der Waals surface area contributed by atoms with Crippen LogP contribution in [0.2, 0.25) is 0 Å². The SMILES string of the molecule is CCCCCCCC/C=C\CCCCCCCC(=O)OCC(C[N+](C)(CCO)CCO)OC(=O)CCCCCCC/C=C\CCCCCCCC. The first-order valence-corrected chi connectivity index (χ1v) is 21.6. The lowest BCUT2D eigenvalue weighted by molar-refractivity contribution is -0.912. The summed E-state index contributed by atoms with van der Waals surface area (Å²) in [4.78, 5) is 25.3. The third-order valence-electron chi connectivity index (χ3n) is 9.94. The van der Waals surface area contributed by atoms with Crippen LogP contribution in [0.1, 0.15) is 194 Å². The number of hydrogen-bond donors (Lipinski definition) is 2. The topological polar surface area (TPSA) is 93.1 Å². The van der Waals surface area contributed by atoms with E-state index in [2.05, 4.69) is 38.2 Å². The minimum Gasteiger partial charge on any atom is -0.461 e. The fourth-order valence-electron chi connectivity index (χ4n) is 6.58. The van der Waals surface area contributed by atoms with Crippen molar-refractivity contribution in [2.45, 2.75) is 200 Å². The van der Waals surface area contributed by atoms with Crippen LogP contribution in [0.3, 0.4) is 0 Å². The average Bonchev–Trinajstić information content (AvgIpc) is 3.10. The number of nitrogens with zero attached hydrogens (tertiary/aromatic N) is 1. The zero-order chi connectivity index (χ0) is 37.5. The smallest absolute Gasteiger partial charge is 0.306 e. The van der Waals surface area contributed by atoms with E-state index in [1.54, 1.807) is 0 Å². The Hall–Kier alpha value is -1.70. The fourth-order valence-corrected chi connectivity index (χ4v) is 6.58. The van der Waals surface area contributed by atoms with Crippen molar-refractivity contribution < 1.29 is 33.8 Å². The molecule has 300 valence electrons. The van der Waals surface area contributed by atoms with E-state index >= 15 is 0 Å². The normalized spacial score (nSPS) is 12.6. The summed E-state index contributed by atoms with van der Waals surface area (Å²) in [7, 11) is 1.92. The molecular formula is C44H84NO6+. The number of quaternary nitrogens is 1. The number of aliphatic hydroxyl groups excluding tert-OH is 2. The summed E-state index contributed by atoms with van der Waals surface area (Å²) in [6.07, 6.45) is 40.8. The van der Waals surface area contributed by atoms with E-state index in [4.69, 9.17) is 9.47 Å². The summed E-state index contributed by atoms with van der Waals surface area (Å²) >= 11 is 0. The van der Waals surface area contributed by atoms with Gasteiger partial charge in [0.25, 0.3) is 0 Å². The van der Waals surface area contributed by atoms with Crippen molar-refractivity contribution in [3.63, 3.8) is 0 Å². The molecule has 0 amide bonds. The zero-order valence-electron chi connectivity index (χ0n) is 33.9. The summed E-state index contributed by atoms with van der Waals surface area (Å²) in [5.74, 6) is -0.532. The van der Waals surface area contributed by atoms with Crippen LogP contribution in [0.4, 0.5) is 0 Å². The van der Waals surface area contributed by atoms with Gasteiger partial charge in [0.15, 0.2) is 6.10 Å². The molecule has 0 saturated heterocycles. The number of esters is 2. The molecule has 0 bridgehead atoms. The Kier molecular flexibility index (Phi) is 36.8. The summed E-state index contributed by atoms with van der Waals surface area (Å²) in [5.41, 5.74) is 0. The number of allylic oxidation sites excluding steroid dienone is 4. The third-order valence-corrected chi connectivity index (χ3v) is 9.94. The van der Waals surface area contributed by atoms with Crippen molar-refractivity contribution in [3.8, 4) is 0 Å². The number of carbonyl (C=O) groups is 2. The molecule has 0 aliphatic heterocycles. The van der Waals surface area contributed by atoms with Gasteiger partial charge in [0, 0.05) is 12.8 Å². The monoisotopic (exact) mass is 723 g/mol. The minimum absolute atomic E-state index is 0.00667. The highest BCUT2D eigenvalue weighted by molar-refractivity contribution is 5.70. The Balaban J connectivity index is 4.26. The molecule has 0 aliphatic rings. The second kappa shape index (κ2) is 38.0. The molecule has 0 fully saturated rings. The molecule has 0 rings (SSSR count). The number of rotatable bonds is 39. The lowest BCUT2D eigenvalue weighted by Crippen LogP contribution is -2.53. The van der Waals surface area contributed by atoms with Crippen molar-refractivity contribution in [2.24, 2.45) is 0 Å². The van der Waals surface area contributed by atoms with E-state index in [0.717, 1.165) is 51.4 Å². The molecule has 0 aliphatic carbocycles. The summed E-state index contributed by atoms with van der Waals surface area (Å²) in [6.45, 7) is 5.66. The van der Waals surface area contributed by atoms with Crippen molar-refractivity contribution in [1.29, 1.82) is 0 Å². The predicted octanol–water partition coefficient (Wildman–Crippen LogP) is 10.9. The van der Waals surface area contributed by atoms with Crippen LogP contribution in [-0.4, -0.2) is 79.2 Å². The highest BCUT2D eigenvalue weighted by atomic mass is 16.6. The van der Waals surface area contributed by atoms with E-state index in [9.17, 15) is 19.8 Å². The standard InChI is InChI=1S/C44H84NO6/c1-4-6-8-10-12-14-16-18-20-22-24-26-28-30-32-34-43(48)50-41-42(40-45(3,36-38-46)37-39-47)51-44(49)35-33-31-29-27-25-23-21-19-17-15-13-11-9-7-5-2/h18-21,42,46-47H,4-17,22-41H2,1-3H3/q+1/b20-18-,21-19-. The lowest BCUT2D eigenvalue weighted by atomic mass is 10.1. The van der Waals surface area contributed by atoms with Crippen LogP contribution < -0.4 is 0 Å². The van der Waals surface area contributed by atoms with Gasteiger partial charge in [-0.25, -0.2) is 0 Å². The molecule has 0 heterocycles. The first-order valence-electron chi connectivity index (χ1n) is 21.6. The predicted molar refractivity (Wildman–Crippen MR) is 215 cm³/mol. The maximum Gasteiger partial charge on any atom is 0.306 e. The molecule has 0 radical (unpaired) electrons. The van der Waals surface area contributed by atoms with Gasteiger partial charge < -0.3 is 24.2 Å². The Morgan fingerprint density at radius 3 is 1.27 bits per heavy atom. The number of unbranched alkanes of at least 4 members (excludes halogenated alkanes) is 22. The number of aliphatic hydroxyl groups is 2. The van der Waals surface area contributed by atoms with Gasteiger partial charge >= 0.3 is 11.9 Å². The highest BCUT2D eigenvalue weighted by Crippen LogP contribution is 2.14. The molecule has 0 aromatic heterocycles. The van der Waals surface area contributed by atoms with Gasteiger partial charge in [-0.2, -0.15) is 0 Å². The van der Waals surface area contributed by atoms with E-state index in [1.807, 2.05) is 7.05 Å². The molecule has 0 aromatic carbocycles. The van der Waals surface area contributed by atoms with Gasteiger partial charge in [0.1, 0.15) is 26.2 Å². The molecular weight excluding hydrogens is 638 g/mol. The second-order valence-corrected chi connectivity index (χ2v) is 15.2. The number of likely N-dealkylation sites (N-methyl/N-ethyl adjacent to an activating group) is 1. The molecule has 0 aromatic rings. The van der Waals surface area contributed by atoms with Crippen molar-refractivity contribution >= 4 is 11.9 Å². The molecule has 0 saturated carbocycles. The van der Waals surface area contributed by atoms with Crippen LogP contribution in [0, 0.1) is 0 Å². The van der Waals surface area contributed by atoms with Gasteiger partial charge in [0.05, 0.1) is 20.3 Å². The number of carbonyl (C=O) groups excluding carboxylic acids is 2. The number of hydrogen-bond acceptors (Lipinski definition) is 6. The van der Waals surface area contributed by atoms with Gasteiger partial charge in [-0.1, -0.05) is 141 Å². The highest BCUT2D eigenvalue weighted by Gasteiger charge is 2.29. The zero-order valence-corrected chi connectivity index (χ0v) is 33.9.